The van der Waals surface area contributed by atoms with Crippen LogP contribution in [0.5, 0.6) is 0 Å². The molecular weight excluding hydrogens is 260 g/mol. The van der Waals surface area contributed by atoms with Gasteiger partial charge in [-0.2, -0.15) is 0 Å². The van der Waals surface area contributed by atoms with Crippen LogP contribution in [0.4, 0.5) is 14.5 Å². The van der Waals surface area contributed by atoms with Crippen LogP contribution in [0.25, 0.3) is 0 Å². The van der Waals surface area contributed by atoms with E-state index in [0.29, 0.717) is 0 Å². The Morgan fingerprint density at radius 3 is 2.41 bits per heavy atom. The SMILES string of the molecule is Cc1cc(S(N)(=O)=O)nc(C(F)F)c1[N+](=O)[O-]. The van der Waals surface area contributed by atoms with E-state index in [9.17, 15) is 27.3 Å². The molecule has 0 aliphatic rings. The van der Waals surface area contributed by atoms with Gasteiger partial charge in [-0.1, -0.05) is 0 Å². The molecule has 1 rings (SSSR count). The minimum absolute atomic E-state index is 0.246. The number of aromatic nitrogens is 1. The summed E-state index contributed by atoms with van der Waals surface area (Å²) in [6, 6.07) is 0.777. The fourth-order valence-electron chi connectivity index (χ4n) is 1.19. The van der Waals surface area contributed by atoms with Gasteiger partial charge in [0.25, 0.3) is 22.1 Å². The zero-order valence-corrected chi connectivity index (χ0v) is 9.24. The summed E-state index contributed by atoms with van der Waals surface area (Å²) in [7, 11) is -4.29. The molecule has 0 fully saturated rings. The van der Waals surface area contributed by atoms with Gasteiger partial charge in [0.1, 0.15) is 0 Å². The quantitative estimate of drug-likeness (QED) is 0.644. The number of aryl methyl sites for hydroxylation is 1. The number of pyridine rings is 1. The second kappa shape index (κ2) is 4.30. The van der Waals surface area contributed by atoms with Gasteiger partial charge < -0.3 is 0 Å². The van der Waals surface area contributed by atoms with Crippen LogP contribution < -0.4 is 5.14 Å². The largest absolute Gasteiger partial charge is 0.299 e. The Kier molecular flexibility index (Phi) is 3.38. The lowest BCUT2D eigenvalue weighted by Gasteiger charge is -2.06. The fraction of sp³-hybridized carbons (Fsp3) is 0.286. The molecule has 2 N–H and O–H groups in total. The number of hydrogen-bond acceptors (Lipinski definition) is 5. The van der Waals surface area contributed by atoms with Crippen LogP contribution in [-0.4, -0.2) is 18.3 Å². The van der Waals surface area contributed by atoms with E-state index in [4.69, 9.17) is 5.14 Å². The summed E-state index contributed by atoms with van der Waals surface area (Å²) in [5.74, 6) is 0. The molecule has 1 aromatic rings. The van der Waals surface area contributed by atoms with Crippen LogP contribution in [0.1, 0.15) is 17.7 Å². The highest BCUT2D eigenvalue weighted by Gasteiger charge is 2.29. The van der Waals surface area contributed by atoms with Crippen molar-refractivity contribution in [3.8, 4) is 0 Å². The fourth-order valence-corrected chi connectivity index (χ4v) is 1.76. The average Bonchev–Trinajstić information content (AvgIpc) is 2.13. The van der Waals surface area contributed by atoms with Gasteiger partial charge in [-0.05, 0) is 13.0 Å². The van der Waals surface area contributed by atoms with Crippen molar-refractivity contribution in [1.82, 2.24) is 4.98 Å². The Morgan fingerprint density at radius 1 is 1.53 bits per heavy atom. The van der Waals surface area contributed by atoms with Crippen molar-refractivity contribution in [3.63, 3.8) is 0 Å². The molecule has 0 saturated heterocycles. The first-order valence-electron chi connectivity index (χ1n) is 4.11. The maximum absolute atomic E-state index is 12.5. The van der Waals surface area contributed by atoms with E-state index in [1.54, 1.807) is 0 Å². The van der Waals surface area contributed by atoms with Crippen LogP contribution in [0, 0.1) is 17.0 Å². The predicted octanol–water partition coefficient (Wildman–Crippen LogP) is 0.883. The third-order valence-corrected chi connectivity index (χ3v) is 2.66. The molecule has 17 heavy (non-hydrogen) atoms. The predicted molar refractivity (Wildman–Crippen MR) is 52.0 cm³/mol. The van der Waals surface area contributed by atoms with Gasteiger partial charge in [0.2, 0.25) is 0 Å². The standard InChI is InChI=1S/C7H7F2N3O4S/c1-3-2-4(17(10,15)16)11-5(7(8)9)6(3)12(13)14/h2,7H,1H3,(H2,10,15,16). The Bertz CT molecular complexity index is 573. The Morgan fingerprint density at radius 2 is 2.06 bits per heavy atom. The first-order chi connectivity index (χ1) is 7.64. The van der Waals surface area contributed by atoms with Crippen molar-refractivity contribution in [2.45, 2.75) is 18.4 Å². The Hall–Kier alpha value is -1.68. The highest BCUT2D eigenvalue weighted by Crippen LogP contribution is 2.31. The highest BCUT2D eigenvalue weighted by molar-refractivity contribution is 7.89. The van der Waals surface area contributed by atoms with E-state index in [1.807, 2.05) is 0 Å². The van der Waals surface area contributed by atoms with Crippen LogP contribution in [0.2, 0.25) is 0 Å². The van der Waals surface area contributed by atoms with Crippen molar-refractivity contribution < 1.29 is 22.1 Å². The Balaban J connectivity index is 3.64. The maximum atomic E-state index is 12.5. The van der Waals surface area contributed by atoms with Crippen LogP contribution in [-0.2, 0) is 10.0 Å². The molecule has 0 radical (unpaired) electrons. The molecule has 94 valence electrons. The summed E-state index contributed by atoms with van der Waals surface area (Å²) in [6.45, 7) is 1.13. The van der Waals surface area contributed by atoms with Gasteiger partial charge in [0.15, 0.2) is 10.7 Å². The molecule has 1 aromatic heterocycles. The molecule has 0 saturated carbocycles. The van der Waals surface area contributed by atoms with Gasteiger partial charge in [-0.25, -0.2) is 27.3 Å². The molecule has 0 aromatic carbocycles. The van der Waals surface area contributed by atoms with Gasteiger partial charge in [0, 0.05) is 5.56 Å². The summed E-state index contributed by atoms with van der Waals surface area (Å²) in [5.41, 5.74) is -2.37. The molecule has 0 amide bonds. The van der Waals surface area contributed by atoms with Gasteiger partial charge in [0.05, 0.1) is 4.92 Å². The summed E-state index contributed by atoms with van der Waals surface area (Å²) in [4.78, 5) is 12.5. The Labute approximate surface area is 94.5 Å². The van der Waals surface area contributed by atoms with E-state index in [-0.39, 0.29) is 5.56 Å². The molecule has 10 heteroatoms. The zero-order chi connectivity index (χ0) is 13.4. The van der Waals surface area contributed by atoms with Gasteiger partial charge in [-0.3, -0.25) is 10.1 Å². The molecule has 0 spiro atoms. The summed E-state index contributed by atoms with van der Waals surface area (Å²) >= 11 is 0. The van der Waals surface area contributed by atoms with E-state index in [1.165, 1.54) is 0 Å². The van der Waals surface area contributed by atoms with Crippen molar-refractivity contribution in [2.75, 3.05) is 0 Å². The highest BCUT2D eigenvalue weighted by atomic mass is 32.2. The first-order valence-corrected chi connectivity index (χ1v) is 5.66. The van der Waals surface area contributed by atoms with Gasteiger partial charge in [-0.15, -0.1) is 0 Å². The van der Waals surface area contributed by atoms with Crippen molar-refractivity contribution in [2.24, 2.45) is 5.14 Å². The topological polar surface area (TPSA) is 116 Å². The first kappa shape index (κ1) is 13.4. The average molecular weight is 267 g/mol. The second-order valence-electron chi connectivity index (χ2n) is 3.11. The van der Waals surface area contributed by atoms with Crippen molar-refractivity contribution in [3.05, 3.63) is 27.4 Å². The normalized spacial score (nSPS) is 11.8. The maximum Gasteiger partial charge on any atom is 0.299 e. The summed E-state index contributed by atoms with van der Waals surface area (Å²) in [6.07, 6.45) is -3.27. The molecule has 7 nitrogen and oxygen atoms in total. The number of nitro groups is 1. The molecule has 0 bridgehead atoms. The third kappa shape index (κ3) is 2.71. The summed E-state index contributed by atoms with van der Waals surface area (Å²) < 4.78 is 47.0. The number of primary sulfonamides is 1. The van der Waals surface area contributed by atoms with Gasteiger partial charge >= 0.3 is 0 Å². The third-order valence-electron chi connectivity index (χ3n) is 1.87. The lowest BCUT2D eigenvalue weighted by molar-refractivity contribution is -0.387. The molecule has 0 atom stereocenters. The minimum Gasteiger partial charge on any atom is -0.258 e. The number of nitrogens with two attached hydrogens (primary N) is 1. The lowest BCUT2D eigenvalue weighted by atomic mass is 10.2. The number of nitrogens with zero attached hydrogens (tertiary/aromatic N) is 2. The van der Waals surface area contributed by atoms with Crippen LogP contribution in [0.3, 0.4) is 0 Å². The molecular formula is C7H7F2N3O4S. The molecule has 0 unspecified atom stereocenters. The van der Waals surface area contributed by atoms with E-state index in [2.05, 4.69) is 4.98 Å². The van der Waals surface area contributed by atoms with E-state index >= 15 is 0 Å². The van der Waals surface area contributed by atoms with E-state index < -0.39 is 37.8 Å². The van der Waals surface area contributed by atoms with Crippen LogP contribution >= 0.6 is 0 Å². The zero-order valence-electron chi connectivity index (χ0n) is 8.42. The monoisotopic (exact) mass is 267 g/mol. The number of halogens is 2. The van der Waals surface area contributed by atoms with Crippen molar-refractivity contribution >= 4 is 15.7 Å². The van der Waals surface area contributed by atoms with Crippen molar-refractivity contribution in [1.29, 1.82) is 0 Å². The van der Waals surface area contributed by atoms with E-state index in [0.717, 1.165) is 13.0 Å². The number of sulfonamides is 1. The molecule has 1 heterocycles. The molecule has 0 aliphatic carbocycles. The smallest absolute Gasteiger partial charge is 0.258 e. The van der Waals surface area contributed by atoms with Crippen LogP contribution in [0.15, 0.2) is 11.1 Å². The lowest BCUT2D eigenvalue weighted by Crippen LogP contribution is -2.16. The number of hydrogen-bond donors (Lipinski definition) is 1. The number of rotatable bonds is 3. The number of alkyl halides is 2. The summed E-state index contributed by atoms with van der Waals surface area (Å²) in [5, 5.41) is 14.5. The minimum atomic E-state index is -4.29. The molecule has 0 aliphatic heterocycles. The second-order valence-corrected chi connectivity index (χ2v) is 4.62.